The number of amidine groups is 1. The first-order chi connectivity index (χ1) is 8.52. The molecule has 0 amide bonds. The minimum atomic E-state index is -0.235. The maximum Gasteiger partial charge on any atom is 0.162 e. The lowest BCUT2D eigenvalue weighted by Gasteiger charge is -1.99. The first kappa shape index (κ1) is 12.5. The molecule has 90 valence electrons. The van der Waals surface area contributed by atoms with Crippen molar-refractivity contribution in [3.8, 4) is 6.07 Å². The lowest BCUT2D eigenvalue weighted by atomic mass is 10.1. The Labute approximate surface area is 113 Å². The standard InChI is InChI=1S/C12H7Cl2N3O/c13-8-2-1-6(3-9(8)14)4-10-11(18)7(5-15)12(16)17-10/h1-4,18H,(H2,16,17)/b10-4+. The molecule has 0 unspecified atom stereocenters. The van der Waals surface area contributed by atoms with Crippen molar-refractivity contribution in [1.29, 1.82) is 5.26 Å². The quantitative estimate of drug-likeness (QED) is 0.829. The van der Waals surface area contributed by atoms with Gasteiger partial charge < -0.3 is 10.8 Å². The van der Waals surface area contributed by atoms with E-state index in [1.54, 1.807) is 30.3 Å². The van der Waals surface area contributed by atoms with Gasteiger partial charge in [-0.1, -0.05) is 29.3 Å². The molecular weight excluding hydrogens is 273 g/mol. The van der Waals surface area contributed by atoms with Crippen LogP contribution < -0.4 is 5.73 Å². The molecule has 1 heterocycles. The van der Waals surface area contributed by atoms with Gasteiger partial charge in [-0.2, -0.15) is 5.26 Å². The van der Waals surface area contributed by atoms with E-state index < -0.39 is 0 Å². The van der Waals surface area contributed by atoms with Crippen molar-refractivity contribution >= 4 is 35.1 Å². The van der Waals surface area contributed by atoms with Crippen molar-refractivity contribution < 1.29 is 5.11 Å². The van der Waals surface area contributed by atoms with E-state index in [2.05, 4.69) is 4.99 Å². The molecule has 1 aromatic rings. The molecule has 1 aliphatic rings. The summed E-state index contributed by atoms with van der Waals surface area (Å²) in [6.07, 6.45) is 1.56. The third-order valence-corrected chi connectivity index (χ3v) is 3.07. The third-order valence-electron chi connectivity index (χ3n) is 2.34. The minimum absolute atomic E-state index is 0.00121. The number of hydrogen-bond acceptors (Lipinski definition) is 4. The number of nitriles is 1. The number of aliphatic hydroxyl groups excluding tert-OH is 1. The Bertz CT molecular complexity index is 654. The second-order valence-electron chi connectivity index (χ2n) is 3.54. The van der Waals surface area contributed by atoms with Gasteiger partial charge in [-0.3, -0.25) is 0 Å². The average molecular weight is 280 g/mol. The Hall–Kier alpha value is -1.96. The van der Waals surface area contributed by atoms with Crippen molar-refractivity contribution in [2.24, 2.45) is 10.7 Å². The maximum atomic E-state index is 9.74. The van der Waals surface area contributed by atoms with E-state index in [0.717, 1.165) is 0 Å². The second-order valence-corrected chi connectivity index (χ2v) is 4.35. The summed E-state index contributed by atoms with van der Waals surface area (Å²) in [5.74, 6) is -0.234. The fourth-order valence-electron chi connectivity index (χ4n) is 1.46. The molecule has 0 radical (unpaired) electrons. The van der Waals surface area contributed by atoms with Gasteiger partial charge in [0, 0.05) is 0 Å². The van der Waals surface area contributed by atoms with E-state index in [1.807, 2.05) is 0 Å². The molecule has 0 saturated carbocycles. The van der Waals surface area contributed by atoms with Gasteiger partial charge in [0.2, 0.25) is 0 Å². The number of nitrogens with zero attached hydrogens (tertiary/aromatic N) is 2. The second kappa shape index (κ2) is 4.73. The number of aliphatic hydroxyl groups is 1. The van der Waals surface area contributed by atoms with Crippen LogP contribution >= 0.6 is 23.2 Å². The fourth-order valence-corrected chi connectivity index (χ4v) is 1.77. The van der Waals surface area contributed by atoms with Gasteiger partial charge in [0.15, 0.2) is 5.76 Å². The zero-order valence-corrected chi connectivity index (χ0v) is 10.5. The number of benzene rings is 1. The zero-order valence-electron chi connectivity index (χ0n) is 8.98. The van der Waals surface area contributed by atoms with Gasteiger partial charge in [-0.25, -0.2) is 4.99 Å². The van der Waals surface area contributed by atoms with Crippen LogP contribution in [0.1, 0.15) is 5.56 Å². The van der Waals surface area contributed by atoms with E-state index in [0.29, 0.717) is 15.6 Å². The molecule has 0 aromatic heterocycles. The number of nitrogens with two attached hydrogens (primary N) is 1. The molecule has 18 heavy (non-hydrogen) atoms. The van der Waals surface area contributed by atoms with Crippen LogP contribution in [0.5, 0.6) is 0 Å². The summed E-state index contributed by atoms with van der Waals surface area (Å²) in [5.41, 5.74) is 6.39. The summed E-state index contributed by atoms with van der Waals surface area (Å²) in [6, 6.07) is 6.75. The van der Waals surface area contributed by atoms with Crippen LogP contribution in [0, 0.1) is 11.3 Å². The van der Waals surface area contributed by atoms with Crippen molar-refractivity contribution in [2.75, 3.05) is 0 Å². The summed E-state index contributed by atoms with van der Waals surface area (Å²) in [4.78, 5) is 3.90. The molecule has 2 rings (SSSR count). The Morgan fingerprint density at radius 3 is 2.61 bits per heavy atom. The highest BCUT2D eigenvalue weighted by atomic mass is 35.5. The molecule has 0 bridgehead atoms. The van der Waals surface area contributed by atoms with Crippen LogP contribution in [0.3, 0.4) is 0 Å². The highest BCUT2D eigenvalue weighted by Gasteiger charge is 2.21. The molecule has 1 aliphatic heterocycles. The smallest absolute Gasteiger partial charge is 0.162 e. The molecular formula is C12H7Cl2N3O. The van der Waals surface area contributed by atoms with Crippen molar-refractivity contribution in [3.63, 3.8) is 0 Å². The summed E-state index contributed by atoms with van der Waals surface area (Å²) < 4.78 is 0. The summed E-state index contributed by atoms with van der Waals surface area (Å²) in [5, 5.41) is 19.3. The van der Waals surface area contributed by atoms with Crippen molar-refractivity contribution in [1.82, 2.24) is 0 Å². The normalized spacial score (nSPS) is 16.9. The van der Waals surface area contributed by atoms with Crippen LogP contribution in [-0.2, 0) is 0 Å². The largest absolute Gasteiger partial charge is 0.504 e. The highest BCUT2D eigenvalue weighted by Crippen LogP contribution is 2.27. The topological polar surface area (TPSA) is 82.4 Å². The molecule has 0 spiro atoms. The van der Waals surface area contributed by atoms with Gasteiger partial charge in [0.1, 0.15) is 23.2 Å². The number of hydrogen-bond donors (Lipinski definition) is 2. The molecule has 0 saturated heterocycles. The number of halogens is 2. The first-order valence-corrected chi connectivity index (χ1v) is 5.63. The zero-order chi connectivity index (χ0) is 13.3. The highest BCUT2D eigenvalue weighted by molar-refractivity contribution is 6.42. The van der Waals surface area contributed by atoms with Crippen LogP contribution in [0.25, 0.3) is 6.08 Å². The molecule has 0 fully saturated rings. The lowest BCUT2D eigenvalue weighted by Crippen LogP contribution is -2.10. The van der Waals surface area contributed by atoms with Crippen LogP contribution in [0.2, 0.25) is 10.0 Å². The van der Waals surface area contributed by atoms with Crippen molar-refractivity contribution in [2.45, 2.75) is 0 Å². The Balaban J connectivity index is 2.45. The lowest BCUT2D eigenvalue weighted by molar-refractivity contribution is 0.424. The Kier molecular flexibility index (Phi) is 3.28. The van der Waals surface area contributed by atoms with E-state index in [4.69, 9.17) is 34.2 Å². The Morgan fingerprint density at radius 1 is 1.33 bits per heavy atom. The summed E-state index contributed by atoms with van der Waals surface area (Å²) >= 11 is 11.7. The van der Waals surface area contributed by atoms with E-state index >= 15 is 0 Å². The molecule has 4 nitrogen and oxygen atoms in total. The van der Waals surface area contributed by atoms with E-state index in [-0.39, 0.29) is 22.9 Å². The molecule has 1 aromatic carbocycles. The molecule has 0 aliphatic carbocycles. The predicted molar refractivity (Wildman–Crippen MR) is 71.3 cm³/mol. The summed E-state index contributed by atoms with van der Waals surface area (Å²) in [6.45, 7) is 0. The first-order valence-electron chi connectivity index (χ1n) is 4.88. The third kappa shape index (κ3) is 2.19. The SMILES string of the molecule is N#CC1=C(O)/C(=C\c2ccc(Cl)c(Cl)c2)N=C1N. The number of aliphatic imine (C=N–C) groups is 1. The van der Waals surface area contributed by atoms with Gasteiger partial charge >= 0.3 is 0 Å². The monoisotopic (exact) mass is 279 g/mol. The minimum Gasteiger partial charge on any atom is -0.504 e. The predicted octanol–water partition coefficient (Wildman–Crippen LogP) is 3.04. The maximum absolute atomic E-state index is 9.74. The summed E-state index contributed by atoms with van der Waals surface area (Å²) in [7, 11) is 0. The number of rotatable bonds is 1. The van der Waals surface area contributed by atoms with Gasteiger partial charge in [-0.15, -0.1) is 0 Å². The Morgan fingerprint density at radius 2 is 2.06 bits per heavy atom. The van der Waals surface area contributed by atoms with Crippen LogP contribution in [-0.4, -0.2) is 10.9 Å². The fraction of sp³-hybridized carbons (Fsp3) is 0. The van der Waals surface area contributed by atoms with Crippen LogP contribution in [0.4, 0.5) is 0 Å². The molecule has 3 N–H and O–H groups in total. The van der Waals surface area contributed by atoms with Gasteiger partial charge in [0.05, 0.1) is 10.0 Å². The van der Waals surface area contributed by atoms with E-state index in [1.165, 1.54) is 0 Å². The van der Waals surface area contributed by atoms with Crippen LogP contribution in [0.15, 0.2) is 40.2 Å². The molecule has 0 atom stereocenters. The van der Waals surface area contributed by atoms with Crippen molar-refractivity contribution in [3.05, 3.63) is 50.8 Å². The van der Waals surface area contributed by atoms with Gasteiger partial charge in [0.25, 0.3) is 0 Å². The van der Waals surface area contributed by atoms with Gasteiger partial charge in [-0.05, 0) is 23.8 Å². The molecule has 6 heteroatoms. The average Bonchev–Trinajstić information content (AvgIpc) is 2.59. The van der Waals surface area contributed by atoms with E-state index in [9.17, 15) is 5.11 Å².